The van der Waals surface area contributed by atoms with E-state index in [1.807, 2.05) is 12.1 Å². The third-order valence-electron chi connectivity index (χ3n) is 4.58. The lowest BCUT2D eigenvalue weighted by molar-refractivity contribution is 0.0954. The van der Waals surface area contributed by atoms with Crippen molar-refractivity contribution in [3.8, 4) is 0 Å². The third kappa shape index (κ3) is 1.53. The van der Waals surface area contributed by atoms with Crippen LogP contribution in [0.2, 0.25) is 0 Å². The maximum absolute atomic E-state index is 11.7. The van der Waals surface area contributed by atoms with Crippen LogP contribution in [0.25, 0.3) is 10.9 Å². The van der Waals surface area contributed by atoms with Crippen LogP contribution in [-0.2, 0) is 13.0 Å². The summed E-state index contributed by atoms with van der Waals surface area (Å²) in [5, 5.41) is 4.82. The van der Waals surface area contributed by atoms with Crippen LogP contribution in [0.5, 0.6) is 0 Å². The zero-order chi connectivity index (χ0) is 13.7. The first-order valence-corrected chi connectivity index (χ1v) is 7.19. The van der Waals surface area contributed by atoms with Crippen LogP contribution in [-0.4, -0.2) is 17.0 Å². The Kier molecular flexibility index (Phi) is 2.58. The van der Waals surface area contributed by atoms with Crippen molar-refractivity contribution in [1.29, 1.82) is 0 Å². The fourth-order valence-electron chi connectivity index (χ4n) is 3.74. The molecule has 0 unspecified atom stereocenters. The van der Waals surface area contributed by atoms with E-state index in [2.05, 4.69) is 21.4 Å². The smallest absolute Gasteiger partial charge is 0.265 e. The van der Waals surface area contributed by atoms with Gasteiger partial charge in [-0.05, 0) is 43.0 Å². The summed E-state index contributed by atoms with van der Waals surface area (Å²) in [6.45, 7) is 2.02. The van der Waals surface area contributed by atoms with E-state index >= 15 is 0 Å². The summed E-state index contributed by atoms with van der Waals surface area (Å²) in [5.41, 5.74) is 6.94. The summed E-state index contributed by atoms with van der Waals surface area (Å²) in [6.07, 6.45) is 3.52. The molecule has 1 aromatic carbocycles. The number of amides is 1. The standard InChI is InChI=1S/C15H18N4O/c16-18-15(20)9-4-5-13-11(8-9)10-2-1-3-12-14(10)19(13)7-6-17-12/h4-5,8,12,17H,1-3,6-7,16H2,(H,18,20)/t12-/m0/s1. The molecule has 4 rings (SSSR count). The Hall–Kier alpha value is -1.85. The van der Waals surface area contributed by atoms with Crippen molar-refractivity contribution in [2.75, 3.05) is 6.54 Å². The molecule has 0 radical (unpaired) electrons. The molecule has 5 nitrogen and oxygen atoms in total. The molecule has 0 bridgehead atoms. The number of benzene rings is 1. The normalized spacial score (nSPS) is 20.8. The van der Waals surface area contributed by atoms with Crippen molar-refractivity contribution in [3.05, 3.63) is 35.0 Å². The van der Waals surface area contributed by atoms with Gasteiger partial charge in [-0.3, -0.25) is 10.2 Å². The highest BCUT2D eigenvalue weighted by atomic mass is 16.2. The Balaban J connectivity index is 1.98. The Bertz CT molecular complexity index is 701. The molecule has 0 saturated heterocycles. The van der Waals surface area contributed by atoms with E-state index < -0.39 is 0 Å². The van der Waals surface area contributed by atoms with E-state index in [1.165, 1.54) is 35.0 Å². The number of rotatable bonds is 1. The second kappa shape index (κ2) is 4.33. The SMILES string of the molecule is NNC(=O)c1ccc2c(c1)c1c3n2CCN[C@H]3CCC1. The van der Waals surface area contributed by atoms with Crippen LogP contribution in [0, 0.1) is 0 Å². The molecular weight excluding hydrogens is 252 g/mol. The molecule has 1 amide bonds. The van der Waals surface area contributed by atoms with Gasteiger partial charge in [0.1, 0.15) is 0 Å². The highest BCUT2D eigenvalue weighted by Crippen LogP contribution is 2.39. The van der Waals surface area contributed by atoms with Crippen molar-refractivity contribution in [2.45, 2.75) is 31.8 Å². The van der Waals surface area contributed by atoms with E-state index in [-0.39, 0.29) is 5.91 Å². The minimum Gasteiger partial charge on any atom is -0.342 e. The number of carbonyl (C=O) groups is 1. The van der Waals surface area contributed by atoms with Crippen LogP contribution in [0.3, 0.4) is 0 Å². The quantitative estimate of drug-likeness (QED) is 0.414. The lowest BCUT2D eigenvalue weighted by atomic mass is 9.90. The average Bonchev–Trinajstić information content (AvgIpc) is 2.83. The molecule has 1 aliphatic heterocycles. The number of nitrogens with zero attached hydrogens (tertiary/aromatic N) is 1. The molecule has 1 aliphatic carbocycles. The Morgan fingerprint density at radius 1 is 1.45 bits per heavy atom. The molecule has 104 valence electrons. The van der Waals surface area contributed by atoms with Crippen molar-refractivity contribution in [1.82, 2.24) is 15.3 Å². The van der Waals surface area contributed by atoms with Gasteiger partial charge in [0, 0.05) is 41.3 Å². The van der Waals surface area contributed by atoms with Crippen molar-refractivity contribution in [3.63, 3.8) is 0 Å². The Morgan fingerprint density at radius 3 is 3.20 bits per heavy atom. The maximum Gasteiger partial charge on any atom is 0.265 e. The highest BCUT2D eigenvalue weighted by Gasteiger charge is 2.29. The van der Waals surface area contributed by atoms with Gasteiger partial charge in [-0.15, -0.1) is 0 Å². The van der Waals surface area contributed by atoms with E-state index in [0.717, 1.165) is 19.5 Å². The van der Waals surface area contributed by atoms with Gasteiger partial charge in [-0.1, -0.05) is 0 Å². The number of aryl methyl sites for hydroxylation is 1. The molecule has 4 N–H and O–H groups in total. The van der Waals surface area contributed by atoms with Crippen molar-refractivity contribution < 1.29 is 4.79 Å². The average molecular weight is 270 g/mol. The van der Waals surface area contributed by atoms with Gasteiger partial charge in [-0.25, -0.2) is 5.84 Å². The first-order valence-electron chi connectivity index (χ1n) is 7.19. The maximum atomic E-state index is 11.7. The summed E-state index contributed by atoms with van der Waals surface area (Å²) in [4.78, 5) is 11.7. The van der Waals surface area contributed by atoms with E-state index in [1.54, 1.807) is 0 Å². The molecule has 20 heavy (non-hydrogen) atoms. The number of fused-ring (bicyclic) bond motifs is 3. The molecule has 2 aliphatic rings. The Labute approximate surface area is 117 Å². The number of aromatic nitrogens is 1. The summed E-state index contributed by atoms with van der Waals surface area (Å²) in [6, 6.07) is 6.38. The lowest BCUT2D eigenvalue weighted by Crippen LogP contribution is -2.35. The van der Waals surface area contributed by atoms with E-state index in [9.17, 15) is 4.79 Å². The fourth-order valence-corrected chi connectivity index (χ4v) is 3.74. The second-order valence-corrected chi connectivity index (χ2v) is 5.62. The largest absolute Gasteiger partial charge is 0.342 e. The molecule has 5 heteroatoms. The Morgan fingerprint density at radius 2 is 2.35 bits per heavy atom. The monoisotopic (exact) mass is 270 g/mol. The van der Waals surface area contributed by atoms with E-state index in [4.69, 9.17) is 5.84 Å². The van der Waals surface area contributed by atoms with Crippen LogP contribution in [0.15, 0.2) is 18.2 Å². The summed E-state index contributed by atoms with van der Waals surface area (Å²) < 4.78 is 2.43. The van der Waals surface area contributed by atoms with Crippen LogP contribution in [0.4, 0.5) is 0 Å². The fraction of sp³-hybridized carbons (Fsp3) is 0.400. The molecule has 0 fully saturated rings. The molecule has 1 aromatic heterocycles. The number of hydrogen-bond acceptors (Lipinski definition) is 3. The molecular formula is C15H18N4O. The first-order chi connectivity index (χ1) is 9.79. The highest BCUT2D eigenvalue weighted by molar-refractivity contribution is 5.99. The third-order valence-corrected chi connectivity index (χ3v) is 4.58. The van der Waals surface area contributed by atoms with Gasteiger partial charge < -0.3 is 9.88 Å². The number of hydrogen-bond donors (Lipinski definition) is 3. The molecule has 1 atom stereocenters. The van der Waals surface area contributed by atoms with Crippen LogP contribution >= 0.6 is 0 Å². The molecule has 2 aromatic rings. The number of carbonyl (C=O) groups excluding carboxylic acids is 1. The first kappa shape index (κ1) is 11.9. The predicted octanol–water partition coefficient (Wildman–Crippen LogP) is 1.23. The zero-order valence-corrected chi connectivity index (χ0v) is 11.3. The van der Waals surface area contributed by atoms with E-state index in [0.29, 0.717) is 11.6 Å². The van der Waals surface area contributed by atoms with Gasteiger partial charge in [-0.2, -0.15) is 0 Å². The van der Waals surface area contributed by atoms with Gasteiger partial charge in [0.15, 0.2) is 0 Å². The summed E-state index contributed by atoms with van der Waals surface area (Å²) in [7, 11) is 0. The lowest BCUT2D eigenvalue weighted by Gasteiger charge is -2.31. The second-order valence-electron chi connectivity index (χ2n) is 5.62. The number of nitrogens with two attached hydrogens (primary N) is 1. The number of hydrazine groups is 1. The predicted molar refractivity (Wildman–Crippen MR) is 77.3 cm³/mol. The minimum atomic E-state index is -0.228. The van der Waals surface area contributed by atoms with Crippen LogP contribution in [0.1, 0.15) is 40.5 Å². The number of nitrogens with one attached hydrogen (secondary N) is 2. The molecule has 0 spiro atoms. The molecule has 0 saturated carbocycles. The number of nitrogen functional groups attached to an aromatic ring is 1. The van der Waals surface area contributed by atoms with Gasteiger partial charge in [0.2, 0.25) is 0 Å². The van der Waals surface area contributed by atoms with Crippen molar-refractivity contribution in [2.24, 2.45) is 5.84 Å². The van der Waals surface area contributed by atoms with Gasteiger partial charge in [0.05, 0.1) is 0 Å². The summed E-state index contributed by atoms with van der Waals surface area (Å²) in [5.74, 6) is 5.01. The summed E-state index contributed by atoms with van der Waals surface area (Å²) >= 11 is 0. The topological polar surface area (TPSA) is 72.1 Å². The molecule has 2 heterocycles. The van der Waals surface area contributed by atoms with Crippen molar-refractivity contribution >= 4 is 16.8 Å². The zero-order valence-electron chi connectivity index (χ0n) is 11.3. The van der Waals surface area contributed by atoms with Gasteiger partial charge in [0.25, 0.3) is 5.91 Å². The minimum absolute atomic E-state index is 0.228. The van der Waals surface area contributed by atoms with Crippen LogP contribution < -0.4 is 16.6 Å². The van der Waals surface area contributed by atoms with Gasteiger partial charge >= 0.3 is 0 Å².